The lowest BCUT2D eigenvalue weighted by Gasteiger charge is -2.05. The molecule has 0 amide bonds. The van der Waals surface area contributed by atoms with Crippen LogP contribution in [-0.2, 0) is 11.2 Å². The fraction of sp³-hybridized carbons (Fsp3) is 0.364. The molecule has 2 aromatic rings. The van der Waals surface area contributed by atoms with Crippen LogP contribution >= 0.6 is 22.9 Å². The zero-order valence-electron chi connectivity index (χ0n) is 10.4. The van der Waals surface area contributed by atoms with Crippen LogP contribution in [0.25, 0.3) is 0 Å². The van der Waals surface area contributed by atoms with Crippen LogP contribution in [0.4, 0.5) is 10.8 Å². The molecule has 3 N–H and O–H groups in total. The van der Waals surface area contributed by atoms with E-state index in [1.54, 1.807) is 24.5 Å². The summed E-state index contributed by atoms with van der Waals surface area (Å²) < 4.78 is 8.94. The number of nitrogens with one attached hydrogen (secondary N) is 1. The molecule has 2 rings (SSSR count). The molecule has 8 heteroatoms. The third-order valence-corrected chi connectivity index (χ3v) is 3.96. The van der Waals surface area contributed by atoms with E-state index in [-0.39, 0.29) is 5.82 Å². The molecule has 0 spiro atoms. The maximum Gasteiger partial charge on any atom is 0.344 e. The van der Waals surface area contributed by atoms with Crippen molar-refractivity contribution in [1.29, 1.82) is 0 Å². The lowest BCUT2D eigenvalue weighted by molar-refractivity contribution is 0.0529. The number of anilines is 2. The van der Waals surface area contributed by atoms with E-state index in [2.05, 4.69) is 14.7 Å². The Balaban J connectivity index is 1.98. The number of esters is 1. The van der Waals surface area contributed by atoms with Crippen LogP contribution in [0.15, 0.2) is 11.6 Å². The van der Waals surface area contributed by atoms with E-state index < -0.39 is 5.97 Å². The summed E-state index contributed by atoms with van der Waals surface area (Å²) in [6.45, 7) is 2.73. The summed E-state index contributed by atoms with van der Waals surface area (Å²) in [4.78, 5) is 15.9. The molecule has 19 heavy (non-hydrogen) atoms. The van der Waals surface area contributed by atoms with Crippen LogP contribution in [0.3, 0.4) is 0 Å². The highest BCUT2D eigenvalue weighted by Crippen LogP contribution is 2.27. The minimum absolute atomic E-state index is 0.209. The second-order valence-electron chi connectivity index (χ2n) is 3.60. The molecule has 0 aromatic carbocycles. The van der Waals surface area contributed by atoms with Crippen LogP contribution < -0.4 is 11.1 Å². The zero-order chi connectivity index (χ0) is 13.7. The molecule has 2 aromatic heterocycles. The second-order valence-corrected chi connectivity index (χ2v) is 5.35. The Morgan fingerprint density at radius 2 is 2.42 bits per heavy atom. The molecule has 2 heterocycles. The molecule has 0 unspecified atom stereocenters. The first-order valence-corrected chi connectivity index (χ1v) is 7.42. The topological polar surface area (TPSA) is 90.1 Å². The van der Waals surface area contributed by atoms with Gasteiger partial charge < -0.3 is 15.8 Å². The van der Waals surface area contributed by atoms with E-state index in [9.17, 15) is 4.79 Å². The molecule has 0 fully saturated rings. The molecular formula is C11H14N4O2S2. The first-order chi connectivity index (χ1) is 9.22. The summed E-state index contributed by atoms with van der Waals surface area (Å²) in [6.07, 6.45) is 2.56. The molecule has 0 bridgehead atoms. The first kappa shape index (κ1) is 13.8. The number of rotatable bonds is 6. The number of carbonyl (C=O) groups is 1. The predicted molar refractivity (Wildman–Crippen MR) is 76.8 cm³/mol. The highest BCUT2D eigenvalue weighted by molar-refractivity contribution is 7.11. The zero-order valence-corrected chi connectivity index (χ0v) is 12.0. The number of aromatic nitrogens is 2. The normalized spacial score (nSPS) is 10.4. The Morgan fingerprint density at radius 3 is 3.11 bits per heavy atom. The van der Waals surface area contributed by atoms with Crippen LogP contribution in [0, 0.1) is 0 Å². The van der Waals surface area contributed by atoms with Gasteiger partial charge in [0.1, 0.15) is 10.6 Å². The largest absolute Gasteiger partial charge is 0.462 e. The van der Waals surface area contributed by atoms with Crippen LogP contribution in [0.1, 0.15) is 22.3 Å². The molecule has 0 aliphatic heterocycles. The number of carbonyl (C=O) groups excluding carboxylic acids is 1. The number of nitrogens with two attached hydrogens (primary N) is 1. The van der Waals surface area contributed by atoms with Crippen molar-refractivity contribution < 1.29 is 9.53 Å². The number of ether oxygens (including phenoxy) is 1. The van der Waals surface area contributed by atoms with E-state index in [1.165, 1.54) is 0 Å². The maximum atomic E-state index is 11.8. The van der Waals surface area contributed by atoms with E-state index >= 15 is 0 Å². The van der Waals surface area contributed by atoms with Crippen molar-refractivity contribution in [3.05, 3.63) is 22.1 Å². The van der Waals surface area contributed by atoms with Crippen molar-refractivity contribution in [2.45, 2.75) is 13.3 Å². The molecule has 0 radical (unpaired) electrons. The van der Waals surface area contributed by atoms with Gasteiger partial charge in [0.15, 0.2) is 5.82 Å². The summed E-state index contributed by atoms with van der Waals surface area (Å²) in [5, 5.41) is 6.78. The molecule has 6 nitrogen and oxygen atoms in total. The van der Waals surface area contributed by atoms with Crippen molar-refractivity contribution >= 4 is 39.7 Å². The second kappa shape index (κ2) is 6.48. The summed E-state index contributed by atoms with van der Waals surface area (Å²) in [6, 6.07) is 0. The summed E-state index contributed by atoms with van der Waals surface area (Å²) >= 11 is 2.77. The average molecular weight is 298 g/mol. The number of thiazole rings is 1. The Kier molecular flexibility index (Phi) is 4.69. The molecule has 0 atom stereocenters. The van der Waals surface area contributed by atoms with Gasteiger partial charge in [0.2, 0.25) is 0 Å². The Labute approximate surface area is 118 Å². The van der Waals surface area contributed by atoms with E-state index in [0.29, 0.717) is 23.7 Å². The highest BCUT2D eigenvalue weighted by Gasteiger charge is 2.20. The molecule has 0 saturated heterocycles. The van der Waals surface area contributed by atoms with Crippen molar-refractivity contribution in [1.82, 2.24) is 9.36 Å². The molecule has 102 valence electrons. The van der Waals surface area contributed by atoms with E-state index in [0.717, 1.165) is 23.0 Å². The molecule has 0 aliphatic rings. The minimum atomic E-state index is -0.439. The number of nitrogen functional groups attached to an aromatic ring is 1. The van der Waals surface area contributed by atoms with Gasteiger partial charge in [0.25, 0.3) is 0 Å². The summed E-state index contributed by atoms with van der Waals surface area (Å²) in [7, 11) is 0. The fourth-order valence-electron chi connectivity index (χ4n) is 1.48. The van der Waals surface area contributed by atoms with Gasteiger partial charge >= 0.3 is 5.97 Å². The third kappa shape index (κ3) is 3.42. The SMILES string of the molecule is CCOC(=O)c1c(N)nsc1NCCc1nccs1. The smallest absolute Gasteiger partial charge is 0.344 e. The van der Waals surface area contributed by atoms with E-state index in [4.69, 9.17) is 10.5 Å². The van der Waals surface area contributed by atoms with Crippen LogP contribution in [-0.4, -0.2) is 28.5 Å². The fourth-order valence-corrected chi connectivity index (χ4v) is 2.83. The summed E-state index contributed by atoms with van der Waals surface area (Å²) in [5.74, 6) is -0.231. The van der Waals surface area contributed by atoms with E-state index in [1.807, 2.05) is 5.38 Å². The average Bonchev–Trinajstić information content (AvgIpc) is 3.00. The van der Waals surface area contributed by atoms with Crippen molar-refractivity contribution in [2.75, 3.05) is 24.2 Å². The molecule has 0 aliphatic carbocycles. The van der Waals surface area contributed by atoms with Gasteiger partial charge in [0.05, 0.1) is 11.6 Å². The maximum absolute atomic E-state index is 11.8. The first-order valence-electron chi connectivity index (χ1n) is 5.77. The predicted octanol–water partition coefficient (Wildman–Crippen LogP) is 2.01. The van der Waals surface area contributed by atoms with Gasteiger partial charge in [0, 0.05) is 24.5 Å². The number of hydrogen-bond donors (Lipinski definition) is 2. The highest BCUT2D eigenvalue weighted by atomic mass is 32.1. The number of hydrogen-bond acceptors (Lipinski definition) is 8. The Hall–Kier alpha value is -1.67. The van der Waals surface area contributed by atoms with Gasteiger partial charge in [-0.15, -0.1) is 11.3 Å². The Morgan fingerprint density at radius 1 is 1.58 bits per heavy atom. The van der Waals surface area contributed by atoms with Gasteiger partial charge in [-0.2, -0.15) is 4.37 Å². The number of nitrogens with zero attached hydrogens (tertiary/aromatic N) is 2. The van der Waals surface area contributed by atoms with Crippen LogP contribution in [0.5, 0.6) is 0 Å². The van der Waals surface area contributed by atoms with Gasteiger partial charge in [-0.1, -0.05) is 0 Å². The molecular weight excluding hydrogens is 284 g/mol. The van der Waals surface area contributed by atoms with Gasteiger partial charge in [-0.3, -0.25) is 0 Å². The monoisotopic (exact) mass is 298 g/mol. The van der Waals surface area contributed by atoms with Crippen molar-refractivity contribution in [2.24, 2.45) is 0 Å². The van der Waals surface area contributed by atoms with Crippen LogP contribution in [0.2, 0.25) is 0 Å². The van der Waals surface area contributed by atoms with Crippen molar-refractivity contribution in [3.8, 4) is 0 Å². The van der Waals surface area contributed by atoms with Gasteiger partial charge in [-0.25, -0.2) is 9.78 Å². The quantitative estimate of drug-likeness (QED) is 0.793. The standard InChI is InChI=1S/C11H14N4O2S2/c1-2-17-11(16)8-9(12)15-19-10(8)14-4-3-7-13-5-6-18-7/h5-6,14H,2-4H2,1H3,(H2,12,15). The minimum Gasteiger partial charge on any atom is -0.462 e. The lowest BCUT2D eigenvalue weighted by atomic mass is 10.3. The lowest BCUT2D eigenvalue weighted by Crippen LogP contribution is -2.11. The molecule has 0 saturated carbocycles. The third-order valence-electron chi connectivity index (χ3n) is 2.31. The Bertz CT molecular complexity index is 539. The van der Waals surface area contributed by atoms with Crippen molar-refractivity contribution in [3.63, 3.8) is 0 Å². The van der Waals surface area contributed by atoms with Gasteiger partial charge in [-0.05, 0) is 18.5 Å². The summed E-state index contributed by atoms with van der Waals surface area (Å²) in [5.41, 5.74) is 6.01.